The molecule has 0 aliphatic carbocycles. The van der Waals surface area contributed by atoms with Crippen LogP contribution >= 0.6 is 0 Å². The largest absolute Gasteiger partial charge is 0.455 e. The molecule has 4 aromatic heterocycles. The van der Waals surface area contributed by atoms with Crippen LogP contribution in [0.4, 0.5) is 0 Å². The van der Waals surface area contributed by atoms with E-state index in [0.29, 0.717) is 17.5 Å². The predicted molar refractivity (Wildman–Crippen MR) is 281 cm³/mol. The van der Waals surface area contributed by atoms with Gasteiger partial charge in [0.15, 0.2) is 23.1 Å². The van der Waals surface area contributed by atoms with E-state index in [4.69, 9.17) is 23.8 Å². The molecule has 0 unspecified atom stereocenters. The average molecular weight is 883 g/mol. The number of aromatic nitrogens is 4. The Morgan fingerprint density at radius 2 is 0.812 bits per heavy atom. The van der Waals surface area contributed by atoms with Gasteiger partial charge in [-0.25, -0.2) is 15.0 Å². The minimum Gasteiger partial charge on any atom is -0.455 e. The smallest absolute Gasteiger partial charge is 0.164 e. The molecule has 0 aliphatic rings. The Hall–Kier alpha value is -9.39. The van der Waals surface area contributed by atoms with Gasteiger partial charge in [0.1, 0.15) is 16.7 Å². The van der Waals surface area contributed by atoms with Crippen LogP contribution in [0.2, 0.25) is 0 Å². The Kier molecular flexibility index (Phi) is 8.79. The van der Waals surface area contributed by atoms with E-state index < -0.39 is 0 Å². The van der Waals surface area contributed by atoms with Crippen molar-refractivity contribution in [3.63, 3.8) is 0 Å². The lowest BCUT2D eigenvalue weighted by atomic mass is 9.99. The fraction of sp³-hybridized carbons (Fsp3) is 0. The minimum atomic E-state index is 0.576. The summed E-state index contributed by atoms with van der Waals surface area (Å²) >= 11 is 0. The van der Waals surface area contributed by atoms with Gasteiger partial charge in [-0.05, 0) is 70.3 Å². The van der Waals surface area contributed by atoms with Crippen LogP contribution in [-0.2, 0) is 0 Å². The zero-order valence-corrected chi connectivity index (χ0v) is 37.0. The molecule has 6 nitrogen and oxygen atoms in total. The van der Waals surface area contributed by atoms with Crippen molar-refractivity contribution in [2.75, 3.05) is 0 Å². The number of nitrogens with zero attached hydrogens (tertiary/aromatic N) is 4. The second kappa shape index (κ2) is 15.6. The first-order chi connectivity index (χ1) is 34.2. The summed E-state index contributed by atoms with van der Waals surface area (Å²) in [6, 6.07) is 80.3. The maximum Gasteiger partial charge on any atom is 0.164 e. The van der Waals surface area contributed by atoms with Gasteiger partial charge in [-0.2, -0.15) is 0 Å². The van der Waals surface area contributed by atoms with Gasteiger partial charge in [-0.3, -0.25) is 0 Å². The monoisotopic (exact) mass is 882 g/mol. The van der Waals surface area contributed by atoms with Crippen molar-refractivity contribution in [3.05, 3.63) is 231 Å². The lowest BCUT2D eigenvalue weighted by Gasteiger charge is -2.10. The molecule has 0 saturated heterocycles. The second-order valence-electron chi connectivity index (χ2n) is 17.5. The zero-order valence-electron chi connectivity index (χ0n) is 37.0. The summed E-state index contributed by atoms with van der Waals surface area (Å²) < 4.78 is 16.0. The number of para-hydroxylation sites is 3. The highest BCUT2D eigenvalue weighted by Gasteiger charge is 2.22. The van der Waals surface area contributed by atoms with Crippen LogP contribution in [0.3, 0.4) is 0 Å². The number of benzene rings is 10. The molecule has 0 saturated carbocycles. The fourth-order valence-corrected chi connectivity index (χ4v) is 10.2. The van der Waals surface area contributed by atoms with Gasteiger partial charge in [0.2, 0.25) is 0 Å². The third-order valence-corrected chi connectivity index (χ3v) is 13.5. The van der Waals surface area contributed by atoms with Gasteiger partial charge in [0.25, 0.3) is 0 Å². The van der Waals surface area contributed by atoms with E-state index in [1.807, 2.05) is 48.5 Å². The van der Waals surface area contributed by atoms with Gasteiger partial charge in [-0.1, -0.05) is 188 Å². The molecule has 10 aromatic carbocycles. The Morgan fingerprint density at radius 3 is 1.59 bits per heavy atom. The number of rotatable bonds is 7. The topological polar surface area (TPSA) is 69.9 Å². The summed E-state index contributed by atoms with van der Waals surface area (Å²) in [5, 5.41) is 6.41. The second-order valence-corrected chi connectivity index (χ2v) is 17.5. The van der Waals surface area contributed by atoms with E-state index >= 15 is 0 Å². The first-order valence-electron chi connectivity index (χ1n) is 23.2. The summed E-state index contributed by atoms with van der Waals surface area (Å²) in [6.45, 7) is 0. The summed E-state index contributed by atoms with van der Waals surface area (Å²) in [7, 11) is 0. The van der Waals surface area contributed by atoms with E-state index in [0.717, 1.165) is 99.5 Å². The lowest BCUT2D eigenvalue weighted by molar-refractivity contribution is 0.666. The lowest BCUT2D eigenvalue weighted by Crippen LogP contribution is -2.00. The summed E-state index contributed by atoms with van der Waals surface area (Å²) in [6.07, 6.45) is 0. The van der Waals surface area contributed by atoms with Crippen molar-refractivity contribution in [3.8, 4) is 73.2 Å². The summed E-state index contributed by atoms with van der Waals surface area (Å²) in [5.74, 6) is 1.78. The molecule has 0 spiro atoms. The molecule has 14 rings (SSSR count). The van der Waals surface area contributed by atoms with Gasteiger partial charge in [0, 0.05) is 54.6 Å². The van der Waals surface area contributed by atoms with Crippen LogP contribution in [0, 0.1) is 0 Å². The normalized spacial score (nSPS) is 11.8. The van der Waals surface area contributed by atoms with Gasteiger partial charge in [0.05, 0.1) is 16.7 Å². The van der Waals surface area contributed by atoms with E-state index in [1.54, 1.807) is 0 Å². The predicted octanol–water partition coefficient (Wildman–Crippen LogP) is 16.8. The highest BCUT2D eigenvalue weighted by molar-refractivity contribution is 6.17. The average Bonchev–Trinajstić information content (AvgIpc) is 4.11. The van der Waals surface area contributed by atoms with Crippen molar-refractivity contribution in [1.29, 1.82) is 0 Å². The van der Waals surface area contributed by atoms with Crippen LogP contribution in [-0.4, -0.2) is 19.5 Å². The maximum atomic E-state index is 6.85. The van der Waals surface area contributed by atoms with Crippen LogP contribution in [0.1, 0.15) is 0 Å². The summed E-state index contributed by atoms with van der Waals surface area (Å²) in [5.41, 5.74) is 15.8. The van der Waals surface area contributed by atoms with Crippen molar-refractivity contribution >= 4 is 65.7 Å². The quantitative estimate of drug-likeness (QED) is 0.159. The third kappa shape index (κ3) is 6.38. The molecule has 0 fully saturated rings. The minimum absolute atomic E-state index is 0.576. The Balaban J connectivity index is 0.893. The van der Waals surface area contributed by atoms with Gasteiger partial charge >= 0.3 is 0 Å². The first kappa shape index (κ1) is 38.8. The Labute approximate surface area is 396 Å². The molecule has 0 atom stereocenters. The highest BCUT2D eigenvalue weighted by atomic mass is 16.3. The molecule has 14 aromatic rings. The van der Waals surface area contributed by atoms with E-state index in [1.165, 1.54) is 21.9 Å². The molecular formula is C63H38N4O2. The van der Waals surface area contributed by atoms with Crippen molar-refractivity contribution < 1.29 is 8.83 Å². The highest BCUT2D eigenvalue weighted by Crippen LogP contribution is 2.44. The third-order valence-electron chi connectivity index (χ3n) is 13.5. The molecule has 322 valence electrons. The van der Waals surface area contributed by atoms with Crippen LogP contribution in [0.5, 0.6) is 0 Å². The number of furan rings is 2. The summed E-state index contributed by atoms with van der Waals surface area (Å²) in [4.78, 5) is 15.3. The molecular weight excluding hydrogens is 845 g/mol. The van der Waals surface area contributed by atoms with E-state index in [9.17, 15) is 0 Å². The first-order valence-corrected chi connectivity index (χ1v) is 23.2. The molecule has 0 N–H and O–H groups in total. The Morgan fingerprint density at radius 1 is 0.290 bits per heavy atom. The molecule has 0 amide bonds. The van der Waals surface area contributed by atoms with Crippen LogP contribution < -0.4 is 0 Å². The molecule has 0 bridgehead atoms. The Bertz CT molecular complexity index is 4290. The maximum absolute atomic E-state index is 6.85. The number of hydrogen-bond donors (Lipinski definition) is 0. The molecule has 0 radical (unpaired) electrons. The molecule has 0 aliphatic heterocycles. The van der Waals surface area contributed by atoms with Crippen LogP contribution in [0.15, 0.2) is 239 Å². The van der Waals surface area contributed by atoms with Crippen molar-refractivity contribution in [1.82, 2.24) is 19.5 Å². The van der Waals surface area contributed by atoms with Crippen molar-refractivity contribution in [2.45, 2.75) is 0 Å². The number of fused-ring (bicyclic) bond motifs is 9. The zero-order chi connectivity index (χ0) is 45.4. The van der Waals surface area contributed by atoms with E-state index in [2.05, 4.69) is 187 Å². The fourth-order valence-electron chi connectivity index (χ4n) is 10.2. The van der Waals surface area contributed by atoms with Gasteiger partial charge < -0.3 is 13.4 Å². The van der Waals surface area contributed by atoms with E-state index in [-0.39, 0.29) is 0 Å². The molecule has 69 heavy (non-hydrogen) atoms. The van der Waals surface area contributed by atoms with Crippen LogP contribution in [0.25, 0.3) is 139 Å². The van der Waals surface area contributed by atoms with Crippen molar-refractivity contribution in [2.24, 2.45) is 0 Å². The standard InChI is InChI=1S/C63H38N4O2/c1-4-15-39(16-5-1)41-29-31-43(32-30-41)62-64-61(42-19-8-3-9-20-42)65-63(66-62)50-25-14-28-57-58(50)49-24-12-22-46(59(49)69-57)45-34-36-56-52(38-45)48-23-13-27-55(60(48)68-56)67-53-26-11-10-21-47(53)51-37-44(33-35-54(51)67)40-17-6-2-7-18-40/h1-38H. The molecule has 4 heterocycles. The number of hydrogen-bond acceptors (Lipinski definition) is 5. The molecule has 6 heteroatoms. The van der Waals surface area contributed by atoms with Gasteiger partial charge in [-0.15, -0.1) is 0 Å². The SMILES string of the molecule is c1ccc(-c2ccc(-c3nc(-c4ccccc4)nc(-c4cccc5oc6c(-c7ccc8oc9c(-n%10c%11ccccc%11c%11cc(-c%12ccccc%12)ccc%11%10)cccc9c8c7)cccc6c45)n3)cc2)cc1.